The Kier molecular flexibility index (Phi) is 3.51. The van der Waals surface area contributed by atoms with Gasteiger partial charge in [-0.2, -0.15) is 0 Å². The number of benzene rings is 1. The molecule has 1 atom stereocenters. The minimum atomic E-state index is -3.07. The van der Waals surface area contributed by atoms with Gasteiger partial charge in [0.05, 0.1) is 5.75 Å². The second-order valence-corrected chi connectivity index (χ2v) is 6.22. The molecule has 17 heavy (non-hydrogen) atoms. The Hall–Kier alpha value is -0.910. The second-order valence-electron chi connectivity index (χ2n) is 3.88. The summed E-state index contributed by atoms with van der Waals surface area (Å²) >= 11 is 5.89. The van der Waals surface area contributed by atoms with Crippen LogP contribution in [0.5, 0.6) is 0 Å². The van der Waals surface area contributed by atoms with E-state index in [1.54, 1.807) is 6.08 Å². The van der Waals surface area contributed by atoms with E-state index in [1.807, 2.05) is 0 Å². The summed E-state index contributed by atoms with van der Waals surface area (Å²) < 4.78 is 35.3. The minimum absolute atomic E-state index is 0.0416. The number of sulfone groups is 1. The maximum absolute atomic E-state index is 13.0. The van der Waals surface area contributed by atoms with Gasteiger partial charge in [0.2, 0.25) is 0 Å². The van der Waals surface area contributed by atoms with E-state index in [1.165, 1.54) is 23.6 Å². The van der Waals surface area contributed by atoms with Crippen molar-refractivity contribution in [3.05, 3.63) is 46.1 Å². The van der Waals surface area contributed by atoms with Crippen LogP contribution in [0.4, 0.5) is 4.39 Å². The third kappa shape index (κ3) is 3.28. The fourth-order valence-electron chi connectivity index (χ4n) is 1.62. The lowest BCUT2D eigenvalue weighted by Gasteiger charge is -2.10. The molecule has 1 N–H and O–H groups in total. The zero-order valence-corrected chi connectivity index (χ0v) is 10.4. The zero-order chi connectivity index (χ0) is 12.5. The van der Waals surface area contributed by atoms with Crippen molar-refractivity contribution in [3.63, 3.8) is 0 Å². The molecule has 2 rings (SSSR count). The smallest absolute Gasteiger partial charge is 0.173 e. The Balaban J connectivity index is 1.99. The van der Waals surface area contributed by atoms with Gasteiger partial charge in [-0.05, 0) is 23.8 Å². The second kappa shape index (κ2) is 4.76. The molecule has 1 aromatic rings. The predicted molar refractivity (Wildman–Crippen MR) is 65.0 cm³/mol. The molecule has 3 nitrogen and oxygen atoms in total. The van der Waals surface area contributed by atoms with Crippen LogP contribution >= 0.6 is 11.6 Å². The largest absolute Gasteiger partial charge is 0.305 e. The summed E-state index contributed by atoms with van der Waals surface area (Å²) in [7, 11) is -3.07. The van der Waals surface area contributed by atoms with Gasteiger partial charge in [0, 0.05) is 23.0 Å². The third-order valence-electron chi connectivity index (χ3n) is 2.49. The Bertz CT molecular complexity index is 557. The summed E-state index contributed by atoms with van der Waals surface area (Å²) in [6.45, 7) is 0.334. The highest BCUT2D eigenvalue weighted by atomic mass is 35.5. The van der Waals surface area contributed by atoms with E-state index >= 15 is 0 Å². The normalized spacial score (nSPS) is 21.9. The van der Waals surface area contributed by atoms with Gasteiger partial charge in [-0.3, -0.25) is 0 Å². The van der Waals surface area contributed by atoms with Crippen LogP contribution in [0.1, 0.15) is 5.56 Å². The number of hydrogen-bond donors (Lipinski definition) is 1. The fourth-order valence-corrected chi connectivity index (χ4v) is 3.08. The first-order chi connectivity index (χ1) is 7.96. The average Bonchev–Trinajstić information content (AvgIpc) is 2.60. The summed E-state index contributed by atoms with van der Waals surface area (Å²) in [6.07, 6.45) is 1.59. The van der Waals surface area contributed by atoms with Gasteiger partial charge < -0.3 is 5.32 Å². The van der Waals surface area contributed by atoms with Gasteiger partial charge >= 0.3 is 0 Å². The van der Waals surface area contributed by atoms with Crippen molar-refractivity contribution in [1.82, 2.24) is 5.32 Å². The first-order valence-corrected chi connectivity index (χ1v) is 7.14. The molecule has 92 valence electrons. The van der Waals surface area contributed by atoms with E-state index in [0.717, 1.165) is 0 Å². The fraction of sp³-hybridized carbons (Fsp3) is 0.273. The third-order valence-corrected chi connectivity index (χ3v) is 4.26. The van der Waals surface area contributed by atoms with Crippen LogP contribution in [0.25, 0.3) is 0 Å². The van der Waals surface area contributed by atoms with Gasteiger partial charge in [-0.1, -0.05) is 17.7 Å². The van der Waals surface area contributed by atoms with E-state index in [2.05, 4.69) is 5.32 Å². The van der Waals surface area contributed by atoms with Gasteiger partial charge in [0.15, 0.2) is 9.84 Å². The van der Waals surface area contributed by atoms with Crippen molar-refractivity contribution in [2.24, 2.45) is 0 Å². The standard InChI is InChI=1S/C11H11ClFNO2S/c12-11-2-1-9(13)5-8(11)6-14-10-3-4-17(15,16)7-10/h1-5,10,14H,6-7H2. The number of nitrogens with one attached hydrogen (secondary N) is 1. The molecule has 0 aliphatic carbocycles. The highest BCUT2D eigenvalue weighted by Crippen LogP contribution is 2.17. The molecule has 0 amide bonds. The quantitative estimate of drug-likeness (QED) is 0.916. The lowest BCUT2D eigenvalue weighted by Crippen LogP contribution is -2.29. The monoisotopic (exact) mass is 275 g/mol. The Labute approximate surface area is 104 Å². The topological polar surface area (TPSA) is 46.2 Å². The van der Waals surface area contributed by atoms with Crippen molar-refractivity contribution in [2.45, 2.75) is 12.6 Å². The van der Waals surface area contributed by atoms with Crippen LogP contribution in [-0.4, -0.2) is 20.2 Å². The highest BCUT2D eigenvalue weighted by molar-refractivity contribution is 7.94. The molecule has 0 fully saturated rings. The molecule has 0 aromatic heterocycles. The van der Waals surface area contributed by atoms with Crippen molar-refractivity contribution < 1.29 is 12.8 Å². The predicted octanol–water partition coefficient (Wildman–Crippen LogP) is 1.88. The maximum atomic E-state index is 13.0. The molecule has 1 aliphatic heterocycles. The molecule has 1 aliphatic rings. The summed E-state index contributed by atoms with van der Waals surface area (Å²) in [4.78, 5) is 0. The zero-order valence-electron chi connectivity index (χ0n) is 8.86. The van der Waals surface area contributed by atoms with Crippen LogP contribution in [0.3, 0.4) is 0 Å². The first-order valence-electron chi connectivity index (χ1n) is 5.04. The van der Waals surface area contributed by atoms with Crippen molar-refractivity contribution in [3.8, 4) is 0 Å². The molecular formula is C11H11ClFNO2S. The molecular weight excluding hydrogens is 265 g/mol. The molecule has 6 heteroatoms. The molecule has 0 saturated carbocycles. The van der Waals surface area contributed by atoms with E-state index in [9.17, 15) is 12.8 Å². The van der Waals surface area contributed by atoms with Crippen LogP contribution < -0.4 is 5.32 Å². The molecule has 1 aromatic carbocycles. The average molecular weight is 276 g/mol. The van der Waals surface area contributed by atoms with Gasteiger partial charge in [0.1, 0.15) is 5.82 Å². The number of halogens is 2. The Morgan fingerprint density at radius 3 is 2.88 bits per heavy atom. The van der Waals surface area contributed by atoms with E-state index in [-0.39, 0.29) is 17.6 Å². The van der Waals surface area contributed by atoms with Crippen LogP contribution in [0, 0.1) is 5.82 Å². The van der Waals surface area contributed by atoms with Crippen molar-refractivity contribution in [1.29, 1.82) is 0 Å². The summed E-state index contributed by atoms with van der Waals surface area (Å²) in [5.74, 6) is -0.319. The van der Waals surface area contributed by atoms with Gasteiger partial charge in [-0.25, -0.2) is 12.8 Å². The lowest BCUT2D eigenvalue weighted by molar-refractivity contribution is 0.587. The van der Waals surface area contributed by atoms with Crippen molar-refractivity contribution in [2.75, 3.05) is 5.75 Å². The first kappa shape index (κ1) is 12.5. The summed E-state index contributed by atoms with van der Waals surface area (Å²) in [5, 5.41) is 4.66. The molecule has 0 radical (unpaired) electrons. The maximum Gasteiger partial charge on any atom is 0.173 e. The minimum Gasteiger partial charge on any atom is -0.305 e. The molecule has 1 unspecified atom stereocenters. The number of hydrogen-bond acceptors (Lipinski definition) is 3. The summed E-state index contributed by atoms with van der Waals surface area (Å²) in [6, 6.07) is 3.86. The molecule has 0 saturated heterocycles. The molecule has 1 heterocycles. The van der Waals surface area contributed by atoms with E-state index < -0.39 is 9.84 Å². The molecule has 0 spiro atoms. The van der Waals surface area contributed by atoms with Crippen molar-refractivity contribution >= 4 is 21.4 Å². The highest BCUT2D eigenvalue weighted by Gasteiger charge is 2.21. The SMILES string of the molecule is O=S1(=O)C=CC(NCc2cc(F)ccc2Cl)C1. The number of rotatable bonds is 3. The molecule has 0 bridgehead atoms. The Morgan fingerprint density at radius 2 is 2.24 bits per heavy atom. The van der Waals surface area contributed by atoms with E-state index in [4.69, 9.17) is 11.6 Å². The van der Waals surface area contributed by atoms with Crippen LogP contribution in [0.2, 0.25) is 5.02 Å². The Morgan fingerprint density at radius 1 is 1.47 bits per heavy atom. The van der Waals surface area contributed by atoms with Gasteiger partial charge in [-0.15, -0.1) is 0 Å². The van der Waals surface area contributed by atoms with Gasteiger partial charge in [0.25, 0.3) is 0 Å². The van der Waals surface area contributed by atoms with Crippen LogP contribution in [0.15, 0.2) is 29.7 Å². The van der Waals surface area contributed by atoms with E-state index in [0.29, 0.717) is 17.1 Å². The lowest BCUT2D eigenvalue weighted by atomic mass is 10.2. The van der Waals surface area contributed by atoms with Crippen LogP contribution in [-0.2, 0) is 16.4 Å². The summed E-state index contributed by atoms with van der Waals surface area (Å²) in [5.41, 5.74) is 0.615.